The van der Waals surface area contributed by atoms with E-state index in [1.54, 1.807) is 13.1 Å². The number of rotatable bonds is 4. The molecule has 3 nitrogen and oxygen atoms in total. The first kappa shape index (κ1) is 9.44. The highest BCUT2D eigenvalue weighted by Crippen LogP contribution is 2.31. The second-order valence-electron chi connectivity index (χ2n) is 4.02. The zero-order valence-corrected chi connectivity index (χ0v) is 8.79. The minimum atomic E-state index is 0.123. The smallest absolute Gasteiger partial charge is 0.177 e. The number of carbonyl (C=O) groups excluding carboxylic acids is 1. The fourth-order valence-corrected chi connectivity index (χ4v) is 1.74. The molecule has 1 heterocycles. The van der Waals surface area contributed by atoms with E-state index in [1.807, 2.05) is 0 Å². The summed E-state index contributed by atoms with van der Waals surface area (Å²) in [6.07, 6.45) is 5.22. The molecule has 0 N–H and O–H groups in total. The molecule has 3 heteroatoms. The van der Waals surface area contributed by atoms with Crippen LogP contribution in [0.2, 0.25) is 0 Å². The first-order valence-corrected chi connectivity index (χ1v) is 5.27. The molecule has 1 saturated carbocycles. The topological polar surface area (TPSA) is 34.9 Å². The highest BCUT2D eigenvalue weighted by molar-refractivity contribution is 5.92. The van der Waals surface area contributed by atoms with Crippen LogP contribution in [0.15, 0.2) is 6.20 Å². The van der Waals surface area contributed by atoms with Crippen LogP contribution in [0.25, 0.3) is 0 Å². The van der Waals surface area contributed by atoms with Crippen molar-refractivity contribution in [3.63, 3.8) is 0 Å². The van der Waals surface area contributed by atoms with Gasteiger partial charge in [-0.15, -0.1) is 0 Å². The number of imidazole rings is 1. The first-order valence-electron chi connectivity index (χ1n) is 5.27. The number of carbonyl (C=O) groups is 1. The zero-order valence-electron chi connectivity index (χ0n) is 8.79. The van der Waals surface area contributed by atoms with Gasteiger partial charge in [0, 0.05) is 19.9 Å². The second-order valence-corrected chi connectivity index (χ2v) is 4.02. The van der Waals surface area contributed by atoms with Crippen molar-refractivity contribution in [3.05, 3.63) is 17.7 Å². The highest BCUT2D eigenvalue weighted by Gasteiger charge is 2.24. The molecular weight excluding hydrogens is 176 g/mol. The zero-order chi connectivity index (χ0) is 10.1. The number of aryl methyl sites for hydroxylation is 1. The molecule has 1 aliphatic carbocycles. The lowest BCUT2D eigenvalue weighted by atomic mass is 10.3. The van der Waals surface area contributed by atoms with E-state index >= 15 is 0 Å². The molecule has 14 heavy (non-hydrogen) atoms. The third-order valence-corrected chi connectivity index (χ3v) is 2.75. The lowest BCUT2D eigenvalue weighted by Crippen LogP contribution is -2.11. The van der Waals surface area contributed by atoms with Crippen molar-refractivity contribution in [2.45, 2.75) is 39.7 Å². The van der Waals surface area contributed by atoms with Gasteiger partial charge >= 0.3 is 0 Å². The molecule has 0 saturated heterocycles. The number of nitrogens with zero attached hydrogens (tertiary/aromatic N) is 2. The average Bonchev–Trinajstić information content (AvgIpc) is 2.84. The molecule has 1 fully saturated rings. The van der Waals surface area contributed by atoms with Crippen LogP contribution in [0.3, 0.4) is 0 Å². The van der Waals surface area contributed by atoms with Crippen LogP contribution in [0.1, 0.15) is 43.0 Å². The summed E-state index contributed by atoms with van der Waals surface area (Å²) in [7, 11) is 0. The molecule has 1 aliphatic rings. The molecule has 0 atom stereocenters. The van der Waals surface area contributed by atoms with E-state index < -0.39 is 0 Å². The van der Waals surface area contributed by atoms with Crippen LogP contribution >= 0.6 is 0 Å². The number of hydrogen-bond donors (Lipinski definition) is 0. The quantitative estimate of drug-likeness (QED) is 0.684. The summed E-state index contributed by atoms with van der Waals surface area (Å²) in [5, 5.41) is 0. The lowest BCUT2D eigenvalue weighted by Gasteiger charge is -2.08. The summed E-state index contributed by atoms with van der Waals surface area (Å²) in [6, 6.07) is 0. The summed E-state index contributed by atoms with van der Waals surface area (Å²) in [5.74, 6) is 1.95. The normalized spacial score (nSPS) is 15.9. The molecular formula is C11H16N2O. The SMILES string of the molecule is CCc1ncc(C(C)=O)n1CC1CC1. The minimum Gasteiger partial charge on any atom is -0.325 e. The van der Waals surface area contributed by atoms with E-state index in [9.17, 15) is 4.79 Å². The molecule has 0 radical (unpaired) electrons. The van der Waals surface area contributed by atoms with Gasteiger partial charge in [-0.05, 0) is 18.8 Å². The van der Waals surface area contributed by atoms with Gasteiger partial charge in [-0.3, -0.25) is 4.79 Å². The average molecular weight is 192 g/mol. The summed E-state index contributed by atoms with van der Waals surface area (Å²) in [4.78, 5) is 15.6. The number of Topliss-reactive ketones (excluding diaryl/α,β-unsaturated/α-hetero) is 1. The first-order chi connectivity index (χ1) is 6.72. The lowest BCUT2D eigenvalue weighted by molar-refractivity contribution is 0.100. The Morgan fingerprint density at radius 3 is 2.86 bits per heavy atom. The summed E-state index contributed by atoms with van der Waals surface area (Å²) in [5.41, 5.74) is 0.772. The molecule has 0 bridgehead atoms. The Hall–Kier alpha value is -1.12. The minimum absolute atomic E-state index is 0.123. The van der Waals surface area contributed by atoms with Gasteiger partial charge in [0.15, 0.2) is 5.78 Å². The van der Waals surface area contributed by atoms with E-state index in [1.165, 1.54) is 12.8 Å². The van der Waals surface area contributed by atoms with Crippen molar-refractivity contribution in [1.29, 1.82) is 0 Å². The predicted molar refractivity (Wildman–Crippen MR) is 54.3 cm³/mol. The Labute approximate surface area is 84.1 Å². The standard InChI is InChI=1S/C11H16N2O/c1-3-11-12-6-10(8(2)14)13(11)7-9-4-5-9/h6,9H,3-5,7H2,1-2H3. The van der Waals surface area contributed by atoms with Crippen molar-refractivity contribution >= 4 is 5.78 Å². The molecule has 0 amide bonds. The highest BCUT2D eigenvalue weighted by atomic mass is 16.1. The van der Waals surface area contributed by atoms with Crippen molar-refractivity contribution in [2.24, 2.45) is 5.92 Å². The van der Waals surface area contributed by atoms with Crippen LogP contribution < -0.4 is 0 Å². The van der Waals surface area contributed by atoms with Crippen molar-refractivity contribution in [2.75, 3.05) is 0 Å². The Balaban J connectivity index is 2.29. The maximum atomic E-state index is 11.3. The third kappa shape index (κ3) is 1.72. The van der Waals surface area contributed by atoms with Crippen LogP contribution in [-0.2, 0) is 13.0 Å². The largest absolute Gasteiger partial charge is 0.325 e. The van der Waals surface area contributed by atoms with Crippen LogP contribution in [0, 0.1) is 5.92 Å². The van der Waals surface area contributed by atoms with E-state index in [0.717, 1.165) is 30.4 Å². The maximum absolute atomic E-state index is 11.3. The Bertz CT molecular complexity index is 350. The molecule has 2 rings (SSSR count). The van der Waals surface area contributed by atoms with Crippen LogP contribution in [0.5, 0.6) is 0 Å². The van der Waals surface area contributed by atoms with Gasteiger partial charge in [0.1, 0.15) is 11.5 Å². The molecule has 76 valence electrons. The van der Waals surface area contributed by atoms with Crippen molar-refractivity contribution in [3.8, 4) is 0 Å². The van der Waals surface area contributed by atoms with Gasteiger partial charge in [0.2, 0.25) is 0 Å². The molecule has 1 aromatic rings. The fraction of sp³-hybridized carbons (Fsp3) is 0.636. The molecule has 0 aromatic carbocycles. The summed E-state index contributed by atoms with van der Waals surface area (Å²) < 4.78 is 2.10. The Morgan fingerprint density at radius 2 is 2.36 bits per heavy atom. The number of aromatic nitrogens is 2. The predicted octanol–water partition coefficient (Wildman–Crippen LogP) is 2.06. The molecule has 1 aromatic heterocycles. The number of ketones is 1. The van der Waals surface area contributed by atoms with Crippen LogP contribution in [-0.4, -0.2) is 15.3 Å². The molecule has 0 aliphatic heterocycles. The number of hydrogen-bond acceptors (Lipinski definition) is 2. The summed E-state index contributed by atoms with van der Waals surface area (Å²) in [6.45, 7) is 4.67. The van der Waals surface area contributed by atoms with Gasteiger partial charge in [-0.2, -0.15) is 0 Å². The molecule has 0 unspecified atom stereocenters. The molecule has 0 spiro atoms. The van der Waals surface area contributed by atoms with E-state index in [-0.39, 0.29) is 5.78 Å². The second kappa shape index (κ2) is 3.56. The van der Waals surface area contributed by atoms with Gasteiger partial charge in [0.05, 0.1) is 6.20 Å². The van der Waals surface area contributed by atoms with Gasteiger partial charge in [-0.25, -0.2) is 4.98 Å². The van der Waals surface area contributed by atoms with E-state index in [4.69, 9.17) is 0 Å². The third-order valence-electron chi connectivity index (χ3n) is 2.75. The van der Waals surface area contributed by atoms with E-state index in [0.29, 0.717) is 0 Å². The van der Waals surface area contributed by atoms with Crippen molar-refractivity contribution < 1.29 is 4.79 Å². The van der Waals surface area contributed by atoms with Crippen LogP contribution in [0.4, 0.5) is 0 Å². The Kier molecular flexibility index (Phi) is 2.40. The van der Waals surface area contributed by atoms with E-state index in [2.05, 4.69) is 16.5 Å². The Morgan fingerprint density at radius 1 is 1.64 bits per heavy atom. The van der Waals surface area contributed by atoms with Gasteiger partial charge in [0.25, 0.3) is 0 Å². The van der Waals surface area contributed by atoms with Gasteiger partial charge in [-0.1, -0.05) is 6.92 Å². The van der Waals surface area contributed by atoms with Crippen molar-refractivity contribution in [1.82, 2.24) is 9.55 Å². The maximum Gasteiger partial charge on any atom is 0.177 e. The summed E-state index contributed by atoms with van der Waals surface area (Å²) >= 11 is 0. The fourth-order valence-electron chi connectivity index (χ4n) is 1.74. The monoisotopic (exact) mass is 192 g/mol. The van der Waals surface area contributed by atoms with Gasteiger partial charge < -0.3 is 4.57 Å².